The normalized spacial score (nSPS) is 19.3. The van der Waals surface area contributed by atoms with Crippen LogP contribution in [0.3, 0.4) is 0 Å². The van der Waals surface area contributed by atoms with Gasteiger partial charge in [0.2, 0.25) is 5.88 Å². The number of carbonyl (C=O) groups is 1. The fourth-order valence-corrected chi connectivity index (χ4v) is 5.66. The van der Waals surface area contributed by atoms with Crippen LogP contribution < -0.4 is 14.8 Å². The number of aromatic nitrogens is 1. The van der Waals surface area contributed by atoms with Crippen LogP contribution in [0.1, 0.15) is 64.7 Å². The summed E-state index contributed by atoms with van der Waals surface area (Å²) in [5.74, 6) is 1.38. The quantitative estimate of drug-likeness (QED) is 0.283. The molecule has 6 heteroatoms. The Morgan fingerprint density at radius 3 is 2.50 bits per heavy atom. The van der Waals surface area contributed by atoms with Crippen LogP contribution >= 0.6 is 0 Å². The second-order valence-corrected chi connectivity index (χ2v) is 10.3. The minimum atomic E-state index is -0.377. The number of fused-ring (bicyclic) bond motifs is 1. The van der Waals surface area contributed by atoms with E-state index < -0.39 is 0 Å². The summed E-state index contributed by atoms with van der Waals surface area (Å²) in [6.45, 7) is 5.34. The van der Waals surface area contributed by atoms with Crippen molar-refractivity contribution in [2.24, 2.45) is 0 Å². The van der Waals surface area contributed by atoms with Gasteiger partial charge in [-0.15, -0.1) is 0 Å². The molecule has 6 nitrogen and oxygen atoms in total. The topological polar surface area (TPSA) is 55.7 Å². The molecule has 2 aliphatic rings. The Hall–Kier alpha value is -2.99. The van der Waals surface area contributed by atoms with Crippen LogP contribution in [0.15, 0.2) is 54.6 Å². The van der Waals surface area contributed by atoms with Crippen LogP contribution in [-0.2, 0) is 0 Å². The van der Waals surface area contributed by atoms with Crippen molar-refractivity contribution < 1.29 is 14.3 Å². The number of likely N-dealkylation sites (tertiary alicyclic amines) is 1. The fraction of sp³-hybridized carbons (Fsp3) is 0.500. The van der Waals surface area contributed by atoms with E-state index >= 15 is 0 Å². The lowest BCUT2D eigenvalue weighted by molar-refractivity contribution is 0.192. The number of amides is 1. The molecule has 5 rings (SSSR count). The van der Waals surface area contributed by atoms with E-state index in [2.05, 4.69) is 23.2 Å². The molecule has 1 amide bonds. The predicted molar refractivity (Wildman–Crippen MR) is 144 cm³/mol. The highest BCUT2D eigenvalue weighted by atomic mass is 16.6. The van der Waals surface area contributed by atoms with Crippen LogP contribution in [0, 0.1) is 0 Å². The van der Waals surface area contributed by atoms with Crippen molar-refractivity contribution in [2.45, 2.75) is 76.8 Å². The number of benzene rings is 2. The molecule has 1 aliphatic heterocycles. The third-order valence-electron chi connectivity index (χ3n) is 7.70. The van der Waals surface area contributed by atoms with Crippen molar-refractivity contribution in [2.75, 3.05) is 19.7 Å². The van der Waals surface area contributed by atoms with Crippen LogP contribution in [-0.4, -0.2) is 47.3 Å². The van der Waals surface area contributed by atoms with Gasteiger partial charge in [0, 0.05) is 35.8 Å². The number of ether oxygens (including phenoxy) is 2. The van der Waals surface area contributed by atoms with Gasteiger partial charge in [-0.25, -0.2) is 4.79 Å². The molecule has 1 N–H and O–H groups in total. The molecule has 0 bridgehead atoms. The first-order chi connectivity index (χ1) is 17.7. The summed E-state index contributed by atoms with van der Waals surface area (Å²) < 4.78 is 13.9. The number of nitrogens with one attached hydrogen (secondary N) is 1. The zero-order chi connectivity index (χ0) is 24.7. The summed E-state index contributed by atoms with van der Waals surface area (Å²) in [6.07, 6.45) is 10.1. The number of nitrogens with zero attached hydrogens (tertiary/aromatic N) is 2. The molecule has 1 saturated carbocycles. The molecule has 36 heavy (non-hydrogen) atoms. The van der Waals surface area contributed by atoms with E-state index in [9.17, 15) is 4.79 Å². The SMILES string of the molecule is C[C@@H]1CCCN1CCCOc1ccc(-n2c(OC(=O)NC3CCCCCC3)cc3ccccc32)cc1. The first-order valence-corrected chi connectivity index (χ1v) is 13.7. The van der Waals surface area contributed by atoms with Gasteiger partial charge in [0.1, 0.15) is 5.75 Å². The molecular weight excluding hydrogens is 450 g/mol. The smallest absolute Gasteiger partial charge is 0.414 e. The molecule has 1 atom stereocenters. The lowest BCUT2D eigenvalue weighted by atomic mass is 10.1. The molecular formula is C30H39N3O3. The van der Waals surface area contributed by atoms with Crippen LogP contribution in [0.4, 0.5) is 4.79 Å². The molecule has 1 aliphatic carbocycles. The van der Waals surface area contributed by atoms with Crippen LogP contribution in [0.5, 0.6) is 11.6 Å². The highest BCUT2D eigenvalue weighted by Crippen LogP contribution is 2.31. The van der Waals surface area contributed by atoms with Gasteiger partial charge in [0.05, 0.1) is 12.1 Å². The average Bonchev–Trinajstić information content (AvgIpc) is 3.35. The van der Waals surface area contributed by atoms with Gasteiger partial charge in [0.15, 0.2) is 0 Å². The van der Waals surface area contributed by atoms with Crippen molar-refractivity contribution in [1.82, 2.24) is 14.8 Å². The Labute approximate surface area is 214 Å². The largest absolute Gasteiger partial charge is 0.494 e. The van der Waals surface area contributed by atoms with Gasteiger partial charge in [-0.3, -0.25) is 4.57 Å². The summed E-state index contributed by atoms with van der Waals surface area (Å²) >= 11 is 0. The highest BCUT2D eigenvalue weighted by Gasteiger charge is 2.20. The Balaban J connectivity index is 1.25. The van der Waals surface area contributed by atoms with E-state index in [-0.39, 0.29) is 12.1 Å². The lowest BCUT2D eigenvalue weighted by Gasteiger charge is -2.20. The third kappa shape index (κ3) is 6.04. The van der Waals surface area contributed by atoms with E-state index in [0.29, 0.717) is 18.5 Å². The first kappa shape index (κ1) is 24.7. The molecule has 0 radical (unpaired) electrons. The minimum absolute atomic E-state index is 0.197. The van der Waals surface area contributed by atoms with Crippen molar-refractivity contribution in [3.05, 3.63) is 54.6 Å². The maximum atomic E-state index is 12.8. The second kappa shape index (κ2) is 11.8. The van der Waals surface area contributed by atoms with Crippen molar-refractivity contribution in [3.8, 4) is 17.3 Å². The summed E-state index contributed by atoms with van der Waals surface area (Å²) in [7, 11) is 0. The maximum absolute atomic E-state index is 12.8. The third-order valence-corrected chi connectivity index (χ3v) is 7.70. The molecule has 2 aromatic carbocycles. The van der Waals surface area contributed by atoms with Crippen molar-refractivity contribution >= 4 is 17.0 Å². The number of para-hydroxylation sites is 1. The molecule has 0 spiro atoms. The second-order valence-electron chi connectivity index (χ2n) is 10.3. The summed E-state index contributed by atoms with van der Waals surface area (Å²) in [5.41, 5.74) is 1.94. The molecule has 2 fully saturated rings. The van der Waals surface area contributed by atoms with E-state index in [4.69, 9.17) is 9.47 Å². The van der Waals surface area contributed by atoms with Gasteiger partial charge >= 0.3 is 6.09 Å². The molecule has 0 unspecified atom stereocenters. The van der Waals surface area contributed by atoms with Crippen LogP contribution in [0.25, 0.3) is 16.6 Å². The molecule has 1 saturated heterocycles. The summed E-state index contributed by atoms with van der Waals surface area (Å²) in [4.78, 5) is 15.4. The molecule has 3 aromatic rings. The van der Waals surface area contributed by atoms with Gasteiger partial charge in [-0.1, -0.05) is 43.9 Å². The average molecular weight is 490 g/mol. The predicted octanol–water partition coefficient (Wildman–Crippen LogP) is 6.69. The Kier molecular flexibility index (Phi) is 8.11. The van der Waals surface area contributed by atoms with Crippen molar-refractivity contribution in [3.63, 3.8) is 0 Å². The van der Waals surface area contributed by atoms with E-state index in [1.807, 2.05) is 53.1 Å². The fourth-order valence-electron chi connectivity index (χ4n) is 5.66. The standard InChI is InChI=1S/C30H39N3O3/c1-23-10-8-19-32(23)20-9-21-35-27-17-15-26(16-18-27)33-28-14-7-6-11-24(28)22-29(33)36-30(34)31-25-12-4-2-3-5-13-25/h6-7,11,14-18,22-23,25H,2-5,8-10,12-13,19-21H2,1H3,(H,31,34)/t23-/m1/s1. The highest BCUT2D eigenvalue weighted by molar-refractivity contribution is 5.85. The number of rotatable bonds is 8. The number of hydrogen-bond donors (Lipinski definition) is 1. The summed E-state index contributed by atoms with van der Waals surface area (Å²) in [5, 5.41) is 4.13. The van der Waals surface area contributed by atoms with Gasteiger partial charge in [0.25, 0.3) is 0 Å². The number of hydrogen-bond acceptors (Lipinski definition) is 4. The zero-order valence-electron chi connectivity index (χ0n) is 21.5. The van der Waals surface area contributed by atoms with Gasteiger partial charge in [-0.05, 0) is 75.9 Å². The minimum Gasteiger partial charge on any atom is -0.494 e. The van der Waals surface area contributed by atoms with Gasteiger partial charge in [-0.2, -0.15) is 0 Å². The Morgan fingerprint density at radius 1 is 0.972 bits per heavy atom. The Bertz CT molecular complexity index is 1130. The van der Waals surface area contributed by atoms with Crippen molar-refractivity contribution in [1.29, 1.82) is 0 Å². The molecule has 1 aromatic heterocycles. The van der Waals surface area contributed by atoms with Crippen LogP contribution in [0.2, 0.25) is 0 Å². The Morgan fingerprint density at radius 2 is 1.75 bits per heavy atom. The van der Waals surface area contributed by atoms with Gasteiger partial charge < -0.3 is 19.7 Å². The monoisotopic (exact) mass is 489 g/mol. The van der Waals surface area contributed by atoms with E-state index in [1.54, 1.807) is 0 Å². The lowest BCUT2D eigenvalue weighted by Crippen LogP contribution is -2.36. The molecule has 192 valence electrons. The van der Waals surface area contributed by atoms with E-state index in [1.165, 1.54) is 32.2 Å². The summed E-state index contributed by atoms with van der Waals surface area (Å²) in [6, 6.07) is 19.0. The number of carbonyl (C=O) groups excluding carboxylic acids is 1. The zero-order valence-corrected chi connectivity index (χ0v) is 21.5. The first-order valence-electron chi connectivity index (χ1n) is 13.7. The maximum Gasteiger partial charge on any atom is 0.414 e. The molecule has 2 heterocycles. The van der Waals surface area contributed by atoms with E-state index in [0.717, 1.165) is 61.0 Å².